The van der Waals surface area contributed by atoms with Gasteiger partial charge in [0.15, 0.2) is 0 Å². The predicted octanol–water partition coefficient (Wildman–Crippen LogP) is 0.353. The SMILES string of the molecule is CS(=O)(=O)CCC1CSCC1=O. The Morgan fingerprint density at radius 2 is 2.25 bits per heavy atom. The number of hydrogen-bond donors (Lipinski definition) is 0. The lowest BCUT2D eigenvalue weighted by atomic mass is 10.1. The van der Waals surface area contributed by atoms with E-state index in [0.717, 1.165) is 5.75 Å². The summed E-state index contributed by atoms with van der Waals surface area (Å²) in [4.78, 5) is 11.1. The summed E-state index contributed by atoms with van der Waals surface area (Å²) in [6, 6.07) is 0. The Morgan fingerprint density at radius 3 is 2.67 bits per heavy atom. The highest BCUT2D eigenvalue weighted by Gasteiger charge is 2.25. The fraction of sp³-hybridized carbons (Fsp3) is 0.857. The van der Waals surface area contributed by atoms with E-state index in [1.165, 1.54) is 6.26 Å². The van der Waals surface area contributed by atoms with E-state index in [2.05, 4.69) is 0 Å². The molecule has 0 radical (unpaired) electrons. The zero-order valence-corrected chi connectivity index (χ0v) is 8.58. The molecule has 1 aliphatic heterocycles. The highest BCUT2D eigenvalue weighted by molar-refractivity contribution is 8.00. The second-order valence-electron chi connectivity index (χ2n) is 3.10. The maximum absolute atomic E-state index is 11.1. The Bertz CT molecular complexity index is 268. The number of hydrogen-bond acceptors (Lipinski definition) is 4. The zero-order valence-electron chi connectivity index (χ0n) is 6.95. The largest absolute Gasteiger partial charge is 0.298 e. The van der Waals surface area contributed by atoms with Crippen molar-refractivity contribution in [2.45, 2.75) is 6.42 Å². The Labute approximate surface area is 76.8 Å². The normalized spacial score (nSPS) is 24.8. The van der Waals surface area contributed by atoms with Crippen molar-refractivity contribution < 1.29 is 13.2 Å². The molecule has 0 aromatic rings. The van der Waals surface area contributed by atoms with Crippen molar-refractivity contribution >= 4 is 27.4 Å². The van der Waals surface area contributed by atoms with Crippen molar-refractivity contribution in [3.63, 3.8) is 0 Å². The summed E-state index contributed by atoms with van der Waals surface area (Å²) in [5, 5.41) is 0. The van der Waals surface area contributed by atoms with Gasteiger partial charge in [-0.2, -0.15) is 11.8 Å². The molecule has 3 nitrogen and oxygen atoms in total. The lowest BCUT2D eigenvalue weighted by molar-refractivity contribution is -0.119. The van der Waals surface area contributed by atoms with Gasteiger partial charge in [0.05, 0.1) is 11.5 Å². The van der Waals surface area contributed by atoms with Gasteiger partial charge in [0.1, 0.15) is 15.6 Å². The molecular weight excluding hydrogens is 196 g/mol. The summed E-state index contributed by atoms with van der Waals surface area (Å²) < 4.78 is 21.6. The molecular formula is C7H12O3S2. The minimum absolute atomic E-state index is 0.00951. The summed E-state index contributed by atoms with van der Waals surface area (Å²) in [7, 11) is -2.90. The molecule has 5 heteroatoms. The van der Waals surface area contributed by atoms with Gasteiger partial charge in [-0.25, -0.2) is 8.42 Å². The molecule has 1 rings (SSSR count). The van der Waals surface area contributed by atoms with Gasteiger partial charge in [0, 0.05) is 17.9 Å². The molecule has 1 atom stereocenters. The van der Waals surface area contributed by atoms with Gasteiger partial charge in [-0.1, -0.05) is 0 Å². The molecule has 1 unspecified atom stereocenters. The molecule has 1 fully saturated rings. The molecule has 0 N–H and O–H groups in total. The lowest BCUT2D eigenvalue weighted by Crippen LogP contribution is -2.16. The first-order chi connectivity index (χ1) is 5.49. The number of carbonyl (C=O) groups is 1. The maximum atomic E-state index is 11.1. The van der Waals surface area contributed by atoms with Gasteiger partial charge in [0.2, 0.25) is 0 Å². The summed E-state index contributed by atoms with van der Waals surface area (Å²) in [6.07, 6.45) is 1.71. The van der Waals surface area contributed by atoms with Gasteiger partial charge >= 0.3 is 0 Å². The van der Waals surface area contributed by atoms with Gasteiger partial charge in [0.25, 0.3) is 0 Å². The molecule has 0 saturated carbocycles. The van der Waals surface area contributed by atoms with Crippen molar-refractivity contribution in [2.75, 3.05) is 23.5 Å². The third-order valence-electron chi connectivity index (χ3n) is 1.86. The molecule has 0 amide bonds. The summed E-state index contributed by atoms with van der Waals surface area (Å²) in [5.74, 6) is 1.71. The van der Waals surface area contributed by atoms with Crippen LogP contribution in [0.15, 0.2) is 0 Å². The van der Waals surface area contributed by atoms with E-state index in [1.54, 1.807) is 11.8 Å². The Balaban J connectivity index is 2.37. The highest BCUT2D eigenvalue weighted by atomic mass is 32.2. The summed E-state index contributed by atoms with van der Waals surface area (Å²) >= 11 is 1.60. The number of rotatable bonds is 3. The highest BCUT2D eigenvalue weighted by Crippen LogP contribution is 2.23. The number of Topliss-reactive ketones (excluding diaryl/α,β-unsaturated/α-hetero) is 1. The number of ketones is 1. The van der Waals surface area contributed by atoms with Gasteiger partial charge < -0.3 is 0 Å². The van der Waals surface area contributed by atoms with Crippen molar-refractivity contribution in [1.29, 1.82) is 0 Å². The van der Waals surface area contributed by atoms with Crippen molar-refractivity contribution in [1.82, 2.24) is 0 Å². The van der Waals surface area contributed by atoms with Crippen LogP contribution in [0.3, 0.4) is 0 Å². The van der Waals surface area contributed by atoms with Gasteiger partial charge in [-0.05, 0) is 6.42 Å². The monoisotopic (exact) mass is 208 g/mol. The van der Waals surface area contributed by atoms with Crippen LogP contribution in [-0.4, -0.2) is 37.7 Å². The van der Waals surface area contributed by atoms with Crippen molar-refractivity contribution in [3.8, 4) is 0 Å². The van der Waals surface area contributed by atoms with Gasteiger partial charge in [-0.15, -0.1) is 0 Å². The minimum atomic E-state index is -2.90. The van der Waals surface area contributed by atoms with E-state index in [1.807, 2.05) is 0 Å². The Kier molecular flexibility index (Phi) is 3.17. The van der Waals surface area contributed by atoms with Crippen LogP contribution >= 0.6 is 11.8 Å². The smallest absolute Gasteiger partial charge is 0.147 e. The standard InChI is InChI=1S/C7H12O3S2/c1-12(9,10)3-2-6-4-11-5-7(6)8/h6H,2-5H2,1H3. The Hall–Kier alpha value is -0.0300. The first-order valence-corrected chi connectivity index (χ1v) is 6.99. The molecule has 0 spiro atoms. The molecule has 1 saturated heterocycles. The molecule has 0 aromatic heterocycles. The first kappa shape index (κ1) is 10.1. The van der Waals surface area contributed by atoms with Gasteiger partial charge in [-0.3, -0.25) is 4.79 Å². The van der Waals surface area contributed by atoms with Crippen LogP contribution < -0.4 is 0 Å². The van der Waals surface area contributed by atoms with E-state index in [4.69, 9.17) is 0 Å². The van der Waals surface area contributed by atoms with Crippen LogP contribution in [0.25, 0.3) is 0 Å². The third kappa shape index (κ3) is 3.15. The van der Waals surface area contributed by atoms with E-state index in [0.29, 0.717) is 12.2 Å². The van der Waals surface area contributed by atoms with Crippen LogP contribution in [0.4, 0.5) is 0 Å². The second kappa shape index (κ2) is 3.79. The fourth-order valence-corrected chi connectivity index (χ4v) is 3.02. The van der Waals surface area contributed by atoms with Crippen LogP contribution in [-0.2, 0) is 14.6 Å². The Morgan fingerprint density at radius 1 is 1.58 bits per heavy atom. The molecule has 0 bridgehead atoms. The molecule has 0 aliphatic carbocycles. The van der Waals surface area contributed by atoms with Crippen LogP contribution in [0.1, 0.15) is 6.42 Å². The second-order valence-corrected chi connectivity index (χ2v) is 6.39. The quantitative estimate of drug-likeness (QED) is 0.671. The third-order valence-corrected chi connectivity index (χ3v) is 3.96. The average molecular weight is 208 g/mol. The van der Waals surface area contributed by atoms with E-state index in [9.17, 15) is 13.2 Å². The first-order valence-electron chi connectivity index (χ1n) is 3.77. The van der Waals surface area contributed by atoms with Crippen LogP contribution in [0.5, 0.6) is 0 Å². The zero-order chi connectivity index (χ0) is 9.19. The molecule has 1 heterocycles. The predicted molar refractivity (Wildman–Crippen MR) is 50.1 cm³/mol. The molecule has 70 valence electrons. The maximum Gasteiger partial charge on any atom is 0.147 e. The molecule has 0 aromatic carbocycles. The molecule has 1 aliphatic rings. The van der Waals surface area contributed by atoms with E-state index in [-0.39, 0.29) is 17.5 Å². The van der Waals surface area contributed by atoms with Crippen molar-refractivity contribution in [3.05, 3.63) is 0 Å². The van der Waals surface area contributed by atoms with Crippen LogP contribution in [0, 0.1) is 5.92 Å². The number of carbonyl (C=O) groups excluding carboxylic acids is 1. The van der Waals surface area contributed by atoms with E-state index < -0.39 is 9.84 Å². The summed E-state index contributed by atoms with van der Waals surface area (Å²) in [6.45, 7) is 0. The fourth-order valence-electron chi connectivity index (χ4n) is 1.11. The van der Waals surface area contributed by atoms with E-state index >= 15 is 0 Å². The topological polar surface area (TPSA) is 51.2 Å². The summed E-state index contributed by atoms with van der Waals surface area (Å²) in [5.41, 5.74) is 0. The minimum Gasteiger partial charge on any atom is -0.298 e. The van der Waals surface area contributed by atoms with Crippen LogP contribution in [0.2, 0.25) is 0 Å². The number of sulfone groups is 1. The van der Waals surface area contributed by atoms with Crippen molar-refractivity contribution in [2.24, 2.45) is 5.92 Å². The molecule has 12 heavy (non-hydrogen) atoms. The lowest BCUT2D eigenvalue weighted by Gasteiger charge is -2.04. The number of thioether (sulfide) groups is 1. The average Bonchev–Trinajstić information content (AvgIpc) is 2.29.